The summed E-state index contributed by atoms with van der Waals surface area (Å²) in [5.41, 5.74) is 0.247. The minimum Gasteiger partial charge on any atom is -0.463 e. The number of hydrogen-bond donors (Lipinski definition) is 0. The first-order chi connectivity index (χ1) is 10.1. The minimum atomic E-state index is -0.814. The molecule has 1 aromatic carbocycles. The summed E-state index contributed by atoms with van der Waals surface area (Å²) >= 11 is 0. The monoisotopic (exact) mass is 292 g/mol. The van der Waals surface area contributed by atoms with Crippen molar-refractivity contribution in [2.45, 2.75) is 13.8 Å². The molecule has 0 fully saturated rings. The van der Waals surface area contributed by atoms with E-state index in [1.165, 1.54) is 12.1 Å². The summed E-state index contributed by atoms with van der Waals surface area (Å²) in [4.78, 5) is 34.1. The molecule has 0 spiro atoms. The van der Waals surface area contributed by atoms with Crippen molar-refractivity contribution in [3.8, 4) is 5.75 Å². The highest BCUT2D eigenvalue weighted by Crippen LogP contribution is 2.19. The Morgan fingerprint density at radius 1 is 1.10 bits per heavy atom. The molecule has 21 heavy (non-hydrogen) atoms. The maximum atomic E-state index is 11.8. The summed E-state index contributed by atoms with van der Waals surface area (Å²) < 4.78 is 14.8. The average Bonchev–Trinajstić information content (AvgIpc) is 2.47. The summed E-state index contributed by atoms with van der Waals surface area (Å²) in [6.45, 7) is 3.55. The normalized spacial score (nSPS) is 10.7. The summed E-state index contributed by atoms with van der Waals surface area (Å²) in [7, 11) is 0. The zero-order chi connectivity index (χ0) is 15.7. The number of carbonyl (C=O) groups is 3. The first kappa shape index (κ1) is 16.4. The van der Waals surface area contributed by atoms with E-state index in [0.717, 1.165) is 6.08 Å². The number of esters is 2. The van der Waals surface area contributed by atoms with Crippen LogP contribution in [0, 0.1) is 0 Å². The Balaban J connectivity index is 3.04. The van der Waals surface area contributed by atoms with Gasteiger partial charge in [0.15, 0.2) is 6.29 Å². The molecule has 0 aromatic heterocycles. The molecular weight excluding hydrogens is 276 g/mol. The number of benzene rings is 1. The molecule has 112 valence electrons. The molecule has 0 radical (unpaired) electrons. The van der Waals surface area contributed by atoms with Crippen LogP contribution >= 0.6 is 0 Å². The Morgan fingerprint density at radius 2 is 1.76 bits per heavy atom. The SMILES string of the molecule is CCOC(=O)/C=C(/Oc1ccccc1C=O)C(=O)OCC. The van der Waals surface area contributed by atoms with Gasteiger partial charge in [-0.3, -0.25) is 4.79 Å². The molecule has 1 aromatic rings. The third-order valence-electron chi connectivity index (χ3n) is 2.28. The lowest BCUT2D eigenvalue weighted by Crippen LogP contribution is -2.16. The quantitative estimate of drug-likeness (QED) is 0.330. The molecule has 0 unspecified atom stereocenters. The van der Waals surface area contributed by atoms with Gasteiger partial charge in [-0.15, -0.1) is 0 Å². The second kappa shape index (κ2) is 8.52. The standard InChI is InChI=1S/C15H16O6/c1-3-19-14(17)9-13(15(18)20-4-2)21-12-8-6-5-7-11(12)10-16/h5-10H,3-4H2,1-2H3/b13-9+. The summed E-state index contributed by atoms with van der Waals surface area (Å²) in [6, 6.07) is 6.31. The summed E-state index contributed by atoms with van der Waals surface area (Å²) in [5.74, 6) is -1.74. The molecule has 6 heteroatoms. The Labute approximate surface area is 122 Å². The van der Waals surface area contributed by atoms with Crippen LogP contribution in [0.4, 0.5) is 0 Å². The van der Waals surface area contributed by atoms with E-state index in [1.54, 1.807) is 26.0 Å². The van der Waals surface area contributed by atoms with Crippen molar-refractivity contribution in [2.75, 3.05) is 13.2 Å². The van der Waals surface area contributed by atoms with Gasteiger partial charge in [0.05, 0.1) is 24.9 Å². The van der Waals surface area contributed by atoms with Crippen molar-refractivity contribution in [2.24, 2.45) is 0 Å². The highest BCUT2D eigenvalue weighted by Gasteiger charge is 2.17. The van der Waals surface area contributed by atoms with Crippen molar-refractivity contribution in [1.29, 1.82) is 0 Å². The van der Waals surface area contributed by atoms with Crippen LogP contribution in [-0.4, -0.2) is 31.4 Å². The van der Waals surface area contributed by atoms with Gasteiger partial charge >= 0.3 is 11.9 Å². The van der Waals surface area contributed by atoms with Crippen LogP contribution in [0.3, 0.4) is 0 Å². The largest absolute Gasteiger partial charge is 0.463 e. The Bertz CT molecular complexity index is 547. The molecule has 0 aliphatic heterocycles. The van der Waals surface area contributed by atoms with E-state index in [0.29, 0.717) is 6.29 Å². The highest BCUT2D eigenvalue weighted by molar-refractivity contribution is 5.95. The van der Waals surface area contributed by atoms with Crippen molar-refractivity contribution >= 4 is 18.2 Å². The van der Waals surface area contributed by atoms with Gasteiger partial charge < -0.3 is 14.2 Å². The minimum absolute atomic E-state index is 0.123. The molecule has 6 nitrogen and oxygen atoms in total. The molecule has 0 bridgehead atoms. The molecular formula is C15H16O6. The van der Waals surface area contributed by atoms with Gasteiger partial charge in [0, 0.05) is 0 Å². The molecule has 0 saturated heterocycles. The molecule has 1 rings (SSSR count). The molecule has 0 amide bonds. The number of rotatable bonds is 7. The predicted octanol–water partition coefficient (Wildman–Crippen LogP) is 1.89. The van der Waals surface area contributed by atoms with E-state index >= 15 is 0 Å². The molecule has 0 aliphatic carbocycles. The molecule has 0 atom stereocenters. The fourth-order valence-electron chi connectivity index (χ4n) is 1.41. The molecule has 0 saturated carbocycles. The van der Waals surface area contributed by atoms with E-state index in [2.05, 4.69) is 0 Å². The van der Waals surface area contributed by atoms with Crippen molar-refractivity contribution < 1.29 is 28.6 Å². The van der Waals surface area contributed by atoms with Crippen LogP contribution in [0.25, 0.3) is 0 Å². The fourth-order valence-corrected chi connectivity index (χ4v) is 1.41. The van der Waals surface area contributed by atoms with Crippen LogP contribution in [0.5, 0.6) is 5.75 Å². The van der Waals surface area contributed by atoms with Crippen molar-refractivity contribution in [3.63, 3.8) is 0 Å². The van der Waals surface area contributed by atoms with Crippen molar-refractivity contribution in [3.05, 3.63) is 41.7 Å². The lowest BCUT2D eigenvalue weighted by Gasteiger charge is -2.10. The average molecular weight is 292 g/mol. The first-order valence-electron chi connectivity index (χ1n) is 6.40. The number of aldehydes is 1. The van der Waals surface area contributed by atoms with E-state index in [-0.39, 0.29) is 30.3 Å². The molecule has 0 aliphatic rings. The maximum Gasteiger partial charge on any atom is 0.374 e. The Morgan fingerprint density at radius 3 is 2.38 bits per heavy atom. The van der Waals surface area contributed by atoms with Crippen LogP contribution in [0.1, 0.15) is 24.2 Å². The summed E-state index contributed by atoms with van der Waals surface area (Å²) in [5, 5.41) is 0. The van der Waals surface area contributed by atoms with Crippen LogP contribution < -0.4 is 4.74 Å². The number of ether oxygens (including phenoxy) is 3. The van der Waals surface area contributed by atoms with E-state index < -0.39 is 11.9 Å². The van der Waals surface area contributed by atoms with Crippen LogP contribution in [-0.2, 0) is 19.1 Å². The zero-order valence-corrected chi connectivity index (χ0v) is 11.8. The maximum absolute atomic E-state index is 11.8. The summed E-state index contributed by atoms with van der Waals surface area (Å²) in [6.07, 6.45) is 1.48. The zero-order valence-electron chi connectivity index (χ0n) is 11.8. The fraction of sp³-hybridized carbons (Fsp3) is 0.267. The molecule has 0 heterocycles. The van der Waals surface area contributed by atoms with Gasteiger partial charge in [0.1, 0.15) is 5.75 Å². The van der Waals surface area contributed by atoms with Crippen molar-refractivity contribution in [1.82, 2.24) is 0 Å². The van der Waals surface area contributed by atoms with Gasteiger partial charge in [0.25, 0.3) is 0 Å². The third kappa shape index (κ3) is 5.10. The predicted molar refractivity (Wildman–Crippen MR) is 73.8 cm³/mol. The second-order valence-electron chi connectivity index (χ2n) is 3.74. The topological polar surface area (TPSA) is 78.9 Å². The highest BCUT2D eigenvalue weighted by atomic mass is 16.6. The number of para-hydroxylation sites is 1. The van der Waals surface area contributed by atoms with E-state index in [1.807, 2.05) is 0 Å². The Kier molecular flexibility index (Phi) is 6.67. The van der Waals surface area contributed by atoms with Gasteiger partial charge in [0.2, 0.25) is 5.76 Å². The van der Waals surface area contributed by atoms with Crippen LogP contribution in [0.15, 0.2) is 36.1 Å². The van der Waals surface area contributed by atoms with E-state index in [4.69, 9.17) is 14.2 Å². The van der Waals surface area contributed by atoms with Gasteiger partial charge in [-0.25, -0.2) is 9.59 Å². The first-order valence-corrected chi connectivity index (χ1v) is 6.40. The van der Waals surface area contributed by atoms with Gasteiger partial charge in [-0.2, -0.15) is 0 Å². The van der Waals surface area contributed by atoms with Gasteiger partial charge in [-0.1, -0.05) is 12.1 Å². The molecule has 0 N–H and O–H groups in total. The number of hydrogen-bond acceptors (Lipinski definition) is 6. The lowest BCUT2D eigenvalue weighted by atomic mass is 10.2. The smallest absolute Gasteiger partial charge is 0.374 e. The second-order valence-corrected chi connectivity index (χ2v) is 3.74. The van der Waals surface area contributed by atoms with Gasteiger partial charge in [-0.05, 0) is 26.0 Å². The number of carbonyl (C=O) groups excluding carboxylic acids is 3. The Hall–Kier alpha value is -2.63. The van der Waals surface area contributed by atoms with E-state index in [9.17, 15) is 14.4 Å². The lowest BCUT2D eigenvalue weighted by molar-refractivity contribution is -0.143. The van der Waals surface area contributed by atoms with Crippen LogP contribution in [0.2, 0.25) is 0 Å². The third-order valence-corrected chi connectivity index (χ3v) is 2.28.